The van der Waals surface area contributed by atoms with Gasteiger partial charge in [-0.25, -0.2) is 14.8 Å². The van der Waals surface area contributed by atoms with Crippen molar-refractivity contribution in [2.75, 3.05) is 30.9 Å². The summed E-state index contributed by atoms with van der Waals surface area (Å²) in [6.07, 6.45) is 5.73. The van der Waals surface area contributed by atoms with Gasteiger partial charge < -0.3 is 20.6 Å². The zero-order valence-electron chi connectivity index (χ0n) is 18.7. The molecule has 0 bridgehead atoms. The van der Waals surface area contributed by atoms with Crippen LogP contribution in [0.1, 0.15) is 6.92 Å². The summed E-state index contributed by atoms with van der Waals surface area (Å²) in [6, 6.07) is 15.7. The number of benzene rings is 1. The standard InChI is InChI=1S/C23H24N6O.CH2O2/c1-4-24-23(30)27-19-7-5-6-17(12-19)20-15-26-22-13-16(10-11-29(20)22)18-8-9-21(25-14-18)28(2)3;2-1-3/h5-15H,4H2,1-3H3,(H2,24,27,30);1H,(H,2,3). The lowest BCUT2D eigenvalue weighted by Gasteiger charge is -2.11. The van der Waals surface area contributed by atoms with Crippen LogP contribution in [0.5, 0.6) is 0 Å². The number of nitrogens with one attached hydrogen (secondary N) is 2. The highest BCUT2D eigenvalue weighted by Crippen LogP contribution is 2.27. The number of anilines is 2. The van der Waals surface area contributed by atoms with Crippen molar-refractivity contribution in [3.05, 3.63) is 67.1 Å². The first-order valence-corrected chi connectivity index (χ1v) is 10.3. The number of aromatic nitrogens is 3. The van der Waals surface area contributed by atoms with E-state index >= 15 is 0 Å². The first-order chi connectivity index (χ1) is 16.0. The van der Waals surface area contributed by atoms with Crippen LogP contribution in [0.2, 0.25) is 0 Å². The van der Waals surface area contributed by atoms with Crippen LogP contribution in [0.4, 0.5) is 16.3 Å². The van der Waals surface area contributed by atoms with Crippen molar-refractivity contribution < 1.29 is 14.7 Å². The number of hydrogen-bond acceptors (Lipinski definition) is 5. The molecule has 0 unspecified atom stereocenters. The molecular formula is C24H26N6O3. The normalized spacial score (nSPS) is 10.2. The van der Waals surface area contributed by atoms with Gasteiger partial charge in [-0.05, 0) is 48.9 Å². The summed E-state index contributed by atoms with van der Waals surface area (Å²) in [4.78, 5) is 31.2. The van der Waals surface area contributed by atoms with E-state index in [1.54, 1.807) is 0 Å². The minimum Gasteiger partial charge on any atom is -0.483 e. The number of carboxylic acid groups (broad SMARTS) is 1. The molecule has 3 aromatic heterocycles. The van der Waals surface area contributed by atoms with Crippen LogP contribution in [0.3, 0.4) is 0 Å². The Hall–Kier alpha value is -4.40. The third-order valence-corrected chi connectivity index (χ3v) is 4.81. The van der Waals surface area contributed by atoms with Crippen molar-refractivity contribution in [1.29, 1.82) is 0 Å². The Balaban J connectivity index is 0.000000968. The predicted octanol–water partition coefficient (Wildman–Crippen LogP) is 3.97. The number of pyridine rings is 2. The number of urea groups is 1. The van der Waals surface area contributed by atoms with E-state index in [2.05, 4.69) is 32.7 Å². The zero-order chi connectivity index (χ0) is 23.8. The van der Waals surface area contributed by atoms with Gasteiger partial charge in [0.15, 0.2) is 0 Å². The van der Waals surface area contributed by atoms with Gasteiger partial charge in [0, 0.05) is 49.8 Å². The number of amides is 2. The summed E-state index contributed by atoms with van der Waals surface area (Å²) in [6.45, 7) is 2.21. The Morgan fingerprint density at radius 1 is 1.06 bits per heavy atom. The predicted molar refractivity (Wildman–Crippen MR) is 130 cm³/mol. The number of fused-ring (bicyclic) bond motifs is 1. The van der Waals surface area contributed by atoms with E-state index in [-0.39, 0.29) is 12.5 Å². The second-order valence-electron chi connectivity index (χ2n) is 7.26. The van der Waals surface area contributed by atoms with Crippen molar-refractivity contribution >= 4 is 29.7 Å². The molecule has 4 aromatic rings. The van der Waals surface area contributed by atoms with Gasteiger partial charge in [-0.1, -0.05) is 12.1 Å². The van der Waals surface area contributed by atoms with Crippen LogP contribution in [-0.4, -0.2) is 52.6 Å². The van der Waals surface area contributed by atoms with E-state index in [1.165, 1.54) is 0 Å². The quantitative estimate of drug-likeness (QED) is 0.400. The molecule has 0 atom stereocenters. The number of hydrogen-bond donors (Lipinski definition) is 3. The molecule has 3 N–H and O–H groups in total. The molecular weight excluding hydrogens is 420 g/mol. The maximum atomic E-state index is 11.8. The molecule has 1 aromatic carbocycles. The summed E-state index contributed by atoms with van der Waals surface area (Å²) >= 11 is 0. The van der Waals surface area contributed by atoms with Crippen molar-refractivity contribution in [3.8, 4) is 22.4 Å². The van der Waals surface area contributed by atoms with E-state index in [4.69, 9.17) is 9.90 Å². The third-order valence-electron chi connectivity index (χ3n) is 4.81. The fourth-order valence-corrected chi connectivity index (χ4v) is 3.29. The minimum absolute atomic E-state index is 0.216. The maximum Gasteiger partial charge on any atom is 0.319 e. The smallest absolute Gasteiger partial charge is 0.319 e. The molecule has 0 radical (unpaired) electrons. The molecule has 33 heavy (non-hydrogen) atoms. The van der Waals surface area contributed by atoms with Crippen molar-refractivity contribution in [3.63, 3.8) is 0 Å². The summed E-state index contributed by atoms with van der Waals surface area (Å²) in [5.41, 5.74) is 5.61. The van der Waals surface area contributed by atoms with Crippen molar-refractivity contribution in [2.45, 2.75) is 6.92 Å². The van der Waals surface area contributed by atoms with Crippen LogP contribution in [0, 0.1) is 0 Å². The molecule has 0 fully saturated rings. The second-order valence-corrected chi connectivity index (χ2v) is 7.26. The lowest BCUT2D eigenvalue weighted by atomic mass is 10.1. The van der Waals surface area contributed by atoms with Gasteiger partial charge in [0.05, 0.1) is 11.9 Å². The van der Waals surface area contributed by atoms with Gasteiger partial charge in [-0.3, -0.25) is 9.20 Å². The summed E-state index contributed by atoms with van der Waals surface area (Å²) in [5.74, 6) is 0.920. The van der Waals surface area contributed by atoms with Crippen LogP contribution < -0.4 is 15.5 Å². The Morgan fingerprint density at radius 2 is 1.85 bits per heavy atom. The Labute approximate surface area is 191 Å². The molecule has 0 saturated heterocycles. The van der Waals surface area contributed by atoms with E-state index in [0.717, 1.165) is 39.5 Å². The molecule has 2 amide bonds. The molecule has 4 rings (SSSR count). The number of carbonyl (C=O) groups is 2. The summed E-state index contributed by atoms with van der Waals surface area (Å²) in [7, 11) is 3.95. The van der Waals surface area contributed by atoms with Gasteiger partial charge in [0.1, 0.15) is 11.5 Å². The highest BCUT2D eigenvalue weighted by Gasteiger charge is 2.09. The molecule has 0 aliphatic rings. The molecule has 3 heterocycles. The number of nitrogens with zero attached hydrogens (tertiary/aromatic N) is 4. The summed E-state index contributed by atoms with van der Waals surface area (Å²) in [5, 5.41) is 12.5. The van der Waals surface area contributed by atoms with Gasteiger partial charge in [0.2, 0.25) is 0 Å². The Kier molecular flexibility index (Phi) is 7.59. The van der Waals surface area contributed by atoms with Gasteiger partial charge in [-0.15, -0.1) is 0 Å². The summed E-state index contributed by atoms with van der Waals surface area (Å²) < 4.78 is 2.04. The van der Waals surface area contributed by atoms with E-state index in [9.17, 15) is 4.79 Å². The lowest BCUT2D eigenvalue weighted by Crippen LogP contribution is -2.28. The minimum atomic E-state index is -0.250. The van der Waals surface area contributed by atoms with Crippen molar-refractivity contribution in [1.82, 2.24) is 19.7 Å². The van der Waals surface area contributed by atoms with Crippen molar-refractivity contribution in [2.24, 2.45) is 0 Å². The SMILES string of the molecule is CCNC(=O)Nc1cccc(-c2cnc3cc(-c4ccc(N(C)C)nc4)ccn23)c1.O=CO. The van der Waals surface area contributed by atoms with E-state index < -0.39 is 0 Å². The van der Waals surface area contributed by atoms with E-state index in [0.29, 0.717) is 6.54 Å². The highest BCUT2D eigenvalue weighted by molar-refractivity contribution is 5.90. The zero-order valence-corrected chi connectivity index (χ0v) is 18.7. The highest BCUT2D eigenvalue weighted by atomic mass is 16.3. The lowest BCUT2D eigenvalue weighted by molar-refractivity contribution is -0.122. The van der Waals surface area contributed by atoms with Crippen LogP contribution in [-0.2, 0) is 4.79 Å². The maximum absolute atomic E-state index is 11.8. The Bertz CT molecular complexity index is 1230. The largest absolute Gasteiger partial charge is 0.483 e. The van der Waals surface area contributed by atoms with Crippen LogP contribution >= 0.6 is 0 Å². The molecule has 9 heteroatoms. The van der Waals surface area contributed by atoms with Gasteiger partial charge in [-0.2, -0.15) is 0 Å². The molecule has 0 spiro atoms. The average molecular weight is 447 g/mol. The Morgan fingerprint density at radius 3 is 2.52 bits per heavy atom. The molecule has 0 aliphatic carbocycles. The van der Waals surface area contributed by atoms with Gasteiger partial charge in [0.25, 0.3) is 6.47 Å². The molecule has 9 nitrogen and oxygen atoms in total. The molecule has 0 saturated carbocycles. The number of imidazole rings is 1. The fraction of sp³-hybridized carbons (Fsp3) is 0.167. The first-order valence-electron chi connectivity index (χ1n) is 10.3. The first kappa shape index (κ1) is 23.3. The monoisotopic (exact) mass is 446 g/mol. The second kappa shape index (κ2) is 10.8. The van der Waals surface area contributed by atoms with Crippen LogP contribution in [0.25, 0.3) is 28.0 Å². The third kappa shape index (κ3) is 5.65. The molecule has 0 aliphatic heterocycles. The van der Waals surface area contributed by atoms with Crippen LogP contribution in [0.15, 0.2) is 67.1 Å². The van der Waals surface area contributed by atoms with Gasteiger partial charge >= 0.3 is 6.03 Å². The molecule has 170 valence electrons. The topological polar surface area (TPSA) is 112 Å². The fourth-order valence-electron chi connectivity index (χ4n) is 3.29. The number of rotatable bonds is 5. The average Bonchev–Trinajstić information content (AvgIpc) is 3.23. The number of carbonyl (C=O) groups excluding carboxylic acids is 1. The van der Waals surface area contributed by atoms with E-state index in [1.807, 2.05) is 85.3 Å².